The van der Waals surface area contributed by atoms with Crippen LogP contribution in [0.15, 0.2) is 51.7 Å². The van der Waals surface area contributed by atoms with Crippen molar-refractivity contribution < 1.29 is 28.2 Å². The van der Waals surface area contributed by atoms with E-state index in [2.05, 4.69) is 0 Å². The molecule has 3 aromatic rings. The van der Waals surface area contributed by atoms with Gasteiger partial charge < -0.3 is 23.4 Å². The third-order valence-corrected chi connectivity index (χ3v) is 4.82. The molecule has 1 fully saturated rings. The molecule has 1 atom stereocenters. The number of benzene rings is 2. The van der Waals surface area contributed by atoms with Crippen molar-refractivity contribution >= 4 is 16.9 Å². The first-order valence-corrected chi connectivity index (χ1v) is 9.22. The normalized spacial score (nSPS) is 16.0. The largest absolute Gasteiger partial charge is 0.497 e. The van der Waals surface area contributed by atoms with Crippen LogP contribution in [0.3, 0.4) is 0 Å². The zero-order chi connectivity index (χ0) is 20.4. The average molecular weight is 396 g/mol. The summed E-state index contributed by atoms with van der Waals surface area (Å²) in [6, 6.07) is 11.8. The summed E-state index contributed by atoms with van der Waals surface area (Å²) in [5, 5.41) is 0.682. The number of esters is 1. The molecule has 4 rings (SSSR count). The van der Waals surface area contributed by atoms with E-state index in [0.29, 0.717) is 52.4 Å². The summed E-state index contributed by atoms with van der Waals surface area (Å²) >= 11 is 0. The second kappa shape index (κ2) is 7.97. The zero-order valence-electron chi connectivity index (χ0n) is 16.1. The van der Waals surface area contributed by atoms with Gasteiger partial charge >= 0.3 is 11.6 Å². The molecule has 2 heterocycles. The highest BCUT2D eigenvalue weighted by Crippen LogP contribution is 2.33. The van der Waals surface area contributed by atoms with Crippen LogP contribution in [0.2, 0.25) is 0 Å². The minimum absolute atomic E-state index is 0.299. The predicted octanol–water partition coefficient (Wildman–Crippen LogP) is 3.56. The number of ether oxygens (including phenoxy) is 4. The molecule has 0 radical (unpaired) electrons. The fourth-order valence-corrected chi connectivity index (χ4v) is 3.31. The van der Waals surface area contributed by atoms with E-state index in [1.165, 1.54) is 13.2 Å². The summed E-state index contributed by atoms with van der Waals surface area (Å²) in [6.07, 6.45) is 0.941. The van der Waals surface area contributed by atoms with Crippen LogP contribution >= 0.6 is 0 Å². The molecule has 1 aliphatic heterocycles. The van der Waals surface area contributed by atoms with Crippen molar-refractivity contribution in [2.75, 3.05) is 20.8 Å². The van der Waals surface area contributed by atoms with Gasteiger partial charge in [-0.15, -0.1) is 0 Å². The monoisotopic (exact) mass is 396 g/mol. The topological polar surface area (TPSA) is 84.2 Å². The van der Waals surface area contributed by atoms with Crippen LogP contribution in [0.4, 0.5) is 0 Å². The lowest BCUT2D eigenvalue weighted by molar-refractivity contribution is -0.144. The second-order valence-corrected chi connectivity index (χ2v) is 6.64. The van der Waals surface area contributed by atoms with E-state index in [-0.39, 0.29) is 0 Å². The third kappa shape index (κ3) is 3.82. The lowest BCUT2D eigenvalue weighted by Crippen LogP contribution is -2.24. The smallest absolute Gasteiger partial charge is 0.344 e. The Kier molecular flexibility index (Phi) is 5.22. The van der Waals surface area contributed by atoms with Crippen molar-refractivity contribution in [1.82, 2.24) is 0 Å². The van der Waals surface area contributed by atoms with Gasteiger partial charge in [0, 0.05) is 23.6 Å². The molecule has 0 bridgehead atoms. The molecule has 1 saturated heterocycles. The fraction of sp³-hybridized carbons (Fsp3) is 0.273. The Hall–Kier alpha value is -3.32. The summed E-state index contributed by atoms with van der Waals surface area (Å²) in [5.74, 6) is 0.978. The van der Waals surface area contributed by atoms with E-state index < -0.39 is 17.7 Å². The number of hydrogen-bond donors (Lipinski definition) is 0. The molecule has 0 saturated carbocycles. The van der Waals surface area contributed by atoms with E-state index in [1.807, 2.05) is 0 Å². The molecule has 7 heteroatoms. The maximum atomic E-state index is 12.7. The summed E-state index contributed by atoms with van der Waals surface area (Å²) < 4.78 is 26.8. The van der Waals surface area contributed by atoms with Gasteiger partial charge in [-0.2, -0.15) is 0 Å². The van der Waals surface area contributed by atoms with Gasteiger partial charge in [0.25, 0.3) is 0 Å². The molecule has 0 N–H and O–H groups in total. The highest BCUT2D eigenvalue weighted by atomic mass is 16.6. The van der Waals surface area contributed by atoms with Crippen LogP contribution in [0.5, 0.6) is 17.2 Å². The van der Waals surface area contributed by atoms with E-state index in [0.717, 1.165) is 6.42 Å². The van der Waals surface area contributed by atoms with Crippen molar-refractivity contribution in [2.45, 2.75) is 18.9 Å². The van der Waals surface area contributed by atoms with E-state index in [9.17, 15) is 9.59 Å². The van der Waals surface area contributed by atoms with Gasteiger partial charge in [-0.25, -0.2) is 9.59 Å². The molecule has 0 amide bonds. The minimum Gasteiger partial charge on any atom is -0.497 e. The van der Waals surface area contributed by atoms with Gasteiger partial charge in [-0.1, -0.05) is 0 Å². The van der Waals surface area contributed by atoms with Crippen LogP contribution in [0.25, 0.3) is 22.1 Å². The molecule has 150 valence electrons. The van der Waals surface area contributed by atoms with Crippen LogP contribution in [-0.2, 0) is 9.53 Å². The second-order valence-electron chi connectivity index (χ2n) is 6.64. The maximum Gasteiger partial charge on any atom is 0.344 e. The van der Waals surface area contributed by atoms with Gasteiger partial charge in [0.05, 0.1) is 19.8 Å². The molecule has 29 heavy (non-hydrogen) atoms. The van der Waals surface area contributed by atoms with E-state index in [1.54, 1.807) is 43.5 Å². The molecular formula is C22H20O7. The highest BCUT2D eigenvalue weighted by Gasteiger charge is 2.25. The quantitative estimate of drug-likeness (QED) is 0.370. The first-order valence-electron chi connectivity index (χ1n) is 9.22. The molecule has 2 aromatic carbocycles. The molecular weight excluding hydrogens is 376 g/mol. The minimum atomic E-state index is -0.541. The number of carbonyl (C=O) groups is 1. The summed E-state index contributed by atoms with van der Waals surface area (Å²) in [6.45, 7) is 0.558. The van der Waals surface area contributed by atoms with Gasteiger partial charge in [0.2, 0.25) is 0 Å². The lowest BCUT2D eigenvalue weighted by atomic mass is 10.0. The number of fused-ring (bicyclic) bond motifs is 1. The first-order chi connectivity index (χ1) is 14.1. The van der Waals surface area contributed by atoms with Crippen LogP contribution in [0.1, 0.15) is 12.8 Å². The van der Waals surface area contributed by atoms with E-state index >= 15 is 0 Å². The van der Waals surface area contributed by atoms with Crippen molar-refractivity contribution in [2.24, 2.45) is 0 Å². The van der Waals surface area contributed by atoms with Crippen LogP contribution < -0.4 is 19.8 Å². The summed E-state index contributed by atoms with van der Waals surface area (Å²) in [4.78, 5) is 24.8. The van der Waals surface area contributed by atoms with Crippen molar-refractivity contribution in [3.8, 4) is 28.4 Å². The molecule has 0 aliphatic carbocycles. The van der Waals surface area contributed by atoms with Crippen LogP contribution in [0, 0.1) is 0 Å². The van der Waals surface area contributed by atoms with Crippen molar-refractivity contribution in [3.05, 3.63) is 52.9 Å². The Morgan fingerprint density at radius 1 is 1.00 bits per heavy atom. The highest BCUT2D eigenvalue weighted by molar-refractivity contribution is 5.85. The fourth-order valence-electron chi connectivity index (χ4n) is 3.31. The predicted molar refractivity (Wildman–Crippen MR) is 106 cm³/mol. The van der Waals surface area contributed by atoms with Gasteiger partial charge in [0.1, 0.15) is 22.8 Å². The molecule has 7 nitrogen and oxygen atoms in total. The summed E-state index contributed by atoms with van der Waals surface area (Å²) in [5.41, 5.74) is 0.693. The SMILES string of the molecule is COc1ccc(OC)c(-c2cc3ccc(OC(=O)C4CCCO4)cc3oc2=O)c1. The first kappa shape index (κ1) is 19.0. The van der Waals surface area contributed by atoms with Crippen molar-refractivity contribution in [3.63, 3.8) is 0 Å². The lowest BCUT2D eigenvalue weighted by Gasteiger charge is -2.11. The van der Waals surface area contributed by atoms with Gasteiger partial charge in [0.15, 0.2) is 6.10 Å². The number of rotatable bonds is 5. The third-order valence-electron chi connectivity index (χ3n) is 4.82. The zero-order valence-corrected chi connectivity index (χ0v) is 16.1. The Morgan fingerprint density at radius 3 is 2.55 bits per heavy atom. The molecule has 1 aromatic heterocycles. The summed E-state index contributed by atoms with van der Waals surface area (Å²) in [7, 11) is 3.08. The number of hydrogen-bond acceptors (Lipinski definition) is 7. The molecule has 0 spiro atoms. The Balaban J connectivity index is 1.70. The Bertz CT molecular complexity index is 1110. The Labute approximate surface area is 166 Å². The molecule has 1 unspecified atom stereocenters. The van der Waals surface area contributed by atoms with Gasteiger partial charge in [-0.3, -0.25) is 0 Å². The van der Waals surface area contributed by atoms with Crippen LogP contribution in [-0.4, -0.2) is 32.9 Å². The van der Waals surface area contributed by atoms with E-state index in [4.69, 9.17) is 23.4 Å². The Morgan fingerprint density at radius 2 is 1.83 bits per heavy atom. The molecule has 1 aliphatic rings. The van der Waals surface area contributed by atoms with Gasteiger partial charge in [-0.05, 0) is 49.2 Å². The average Bonchev–Trinajstić information content (AvgIpc) is 3.28. The number of methoxy groups -OCH3 is 2. The number of carbonyl (C=O) groups excluding carboxylic acids is 1. The standard InChI is InChI=1S/C22H20O7/c1-25-14-7-8-18(26-2)16(11-14)17-10-13-5-6-15(12-20(13)29-21(17)23)28-22(24)19-4-3-9-27-19/h5-8,10-12,19H,3-4,9H2,1-2H3. The van der Waals surface area contributed by atoms with Crippen molar-refractivity contribution in [1.29, 1.82) is 0 Å². The maximum absolute atomic E-state index is 12.7.